The Morgan fingerprint density at radius 3 is 2.53 bits per heavy atom. The fraction of sp³-hybridized carbons (Fsp3) is 0.200. The molecular weight excluding hydrogens is 284 g/mol. The first-order valence-corrected chi connectivity index (χ1v) is 6.82. The fourth-order valence-corrected chi connectivity index (χ4v) is 2.19. The highest BCUT2D eigenvalue weighted by molar-refractivity contribution is 6.42. The van der Waals surface area contributed by atoms with Crippen molar-refractivity contribution in [3.8, 4) is 11.1 Å². The van der Waals surface area contributed by atoms with Gasteiger partial charge in [0.05, 0.1) is 10.0 Å². The first-order valence-electron chi connectivity index (χ1n) is 6.06. The first kappa shape index (κ1) is 14.3. The molecule has 0 unspecified atom stereocenters. The van der Waals surface area contributed by atoms with Crippen LogP contribution >= 0.6 is 23.2 Å². The molecule has 0 aliphatic heterocycles. The van der Waals surface area contributed by atoms with Gasteiger partial charge in [0.15, 0.2) is 0 Å². The van der Waals surface area contributed by atoms with E-state index >= 15 is 0 Å². The lowest BCUT2D eigenvalue weighted by molar-refractivity contribution is 0.626. The van der Waals surface area contributed by atoms with Crippen LogP contribution in [0.1, 0.15) is 12.5 Å². The van der Waals surface area contributed by atoms with Gasteiger partial charge < -0.3 is 5.32 Å². The van der Waals surface area contributed by atoms with Gasteiger partial charge in [-0.3, -0.25) is 0 Å². The highest BCUT2D eigenvalue weighted by atomic mass is 35.5. The average molecular weight is 298 g/mol. The summed E-state index contributed by atoms with van der Waals surface area (Å²) in [5, 5.41) is 4.20. The SMILES string of the molecule is CCNCc1ccc(F)cc1-c1ccc(Cl)c(Cl)c1. The molecule has 1 N–H and O–H groups in total. The zero-order chi connectivity index (χ0) is 13.8. The van der Waals surface area contributed by atoms with Crippen molar-refractivity contribution in [2.45, 2.75) is 13.5 Å². The maximum absolute atomic E-state index is 13.5. The molecule has 2 aromatic carbocycles. The largest absolute Gasteiger partial charge is 0.313 e. The van der Waals surface area contributed by atoms with Gasteiger partial charge in [-0.15, -0.1) is 0 Å². The van der Waals surface area contributed by atoms with E-state index in [0.29, 0.717) is 16.6 Å². The molecule has 2 aromatic rings. The number of rotatable bonds is 4. The number of hydrogen-bond acceptors (Lipinski definition) is 1. The molecule has 4 heteroatoms. The quantitative estimate of drug-likeness (QED) is 0.845. The molecule has 0 saturated carbocycles. The van der Waals surface area contributed by atoms with Crippen molar-refractivity contribution in [3.63, 3.8) is 0 Å². The van der Waals surface area contributed by atoms with Gasteiger partial charge in [0.1, 0.15) is 5.82 Å². The molecule has 0 radical (unpaired) electrons. The van der Waals surface area contributed by atoms with Crippen LogP contribution in [0.15, 0.2) is 36.4 Å². The molecule has 0 atom stereocenters. The zero-order valence-electron chi connectivity index (χ0n) is 10.5. The van der Waals surface area contributed by atoms with Crippen LogP contribution < -0.4 is 5.32 Å². The van der Waals surface area contributed by atoms with Gasteiger partial charge in [-0.25, -0.2) is 4.39 Å². The Morgan fingerprint density at radius 2 is 1.84 bits per heavy atom. The molecule has 0 aromatic heterocycles. The standard InChI is InChI=1S/C15H14Cl2FN/c1-2-19-9-11-3-5-12(18)8-13(11)10-4-6-14(16)15(17)7-10/h3-8,19H,2,9H2,1H3. The Balaban J connectivity index is 2.46. The van der Waals surface area contributed by atoms with Crippen molar-refractivity contribution in [2.24, 2.45) is 0 Å². The molecule has 0 amide bonds. The molecule has 0 fully saturated rings. The third-order valence-corrected chi connectivity index (χ3v) is 3.61. The van der Waals surface area contributed by atoms with Crippen LogP contribution in [0.5, 0.6) is 0 Å². The fourth-order valence-electron chi connectivity index (χ4n) is 1.89. The number of nitrogens with one attached hydrogen (secondary N) is 1. The Labute approximate surface area is 122 Å². The highest BCUT2D eigenvalue weighted by Crippen LogP contribution is 2.31. The van der Waals surface area contributed by atoms with E-state index in [0.717, 1.165) is 23.2 Å². The van der Waals surface area contributed by atoms with Crippen LogP contribution in [0.4, 0.5) is 4.39 Å². The summed E-state index contributed by atoms with van der Waals surface area (Å²) >= 11 is 11.9. The summed E-state index contributed by atoms with van der Waals surface area (Å²) in [6.07, 6.45) is 0. The maximum atomic E-state index is 13.5. The van der Waals surface area contributed by atoms with E-state index in [4.69, 9.17) is 23.2 Å². The van der Waals surface area contributed by atoms with E-state index < -0.39 is 0 Å². The molecule has 0 saturated heterocycles. The van der Waals surface area contributed by atoms with Crippen LogP contribution in [0.3, 0.4) is 0 Å². The van der Waals surface area contributed by atoms with Crippen LogP contribution in [0.25, 0.3) is 11.1 Å². The van der Waals surface area contributed by atoms with E-state index in [1.165, 1.54) is 12.1 Å². The highest BCUT2D eigenvalue weighted by Gasteiger charge is 2.08. The lowest BCUT2D eigenvalue weighted by atomic mass is 9.99. The number of halogens is 3. The molecule has 0 aliphatic carbocycles. The van der Waals surface area contributed by atoms with Gasteiger partial charge in [-0.05, 0) is 47.5 Å². The monoisotopic (exact) mass is 297 g/mol. The zero-order valence-corrected chi connectivity index (χ0v) is 12.0. The smallest absolute Gasteiger partial charge is 0.123 e. The second-order valence-electron chi connectivity index (χ2n) is 4.21. The van der Waals surface area contributed by atoms with Crippen molar-refractivity contribution in [1.29, 1.82) is 0 Å². The number of hydrogen-bond donors (Lipinski definition) is 1. The lowest BCUT2D eigenvalue weighted by Crippen LogP contribution is -2.12. The second kappa shape index (κ2) is 6.38. The third-order valence-electron chi connectivity index (χ3n) is 2.87. The Bertz CT molecular complexity index is 584. The molecule has 19 heavy (non-hydrogen) atoms. The second-order valence-corrected chi connectivity index (χ2v) is 5.03. The van der Waals surface area contributed by atoms with Gasteiger partial charge in [0.25, 0.3) is 0 Å². The van der Waals surface area contributed by atoms with Gasteiger partial charge in [0, 0.05) is 6.54 Å². The molecule has 0 heterocycles. The molecule has 2 rings (SSSR count). The minimum absolute atomic E-state index is 0.263. The Kier molecular flexibility index (Phi) is 4.81. The van der Waals surface area contributed by atoms with Gasteiger partial charge >= 0.3 is 0 Å². The summed E-state index contributed by atoms with van der Waals surface area (Å²) in [7, 11) is 0. The van der Waals surface area contributed by atoms with Crippen molar-refractivity contribution < 1.29 is 4.39 Å². The van der Waals surface area contributed by atoms with Crippen LogP contribution in [-0.4, -0.2) is 6.54 Å². The summed E-state index contributed by atoms with van der Waals surface area (Å²) in [5.74, 6) is -0.263. The van der Waals surface area contributed by atoms with E-state index in [2.05, 4.69) is 5.32 Å². The predicted molar refractivity (Wildman–Crippen MR) is 79.2 cm³/mol. The third kappa shape index (κ3) is 3.47. The summed E-state index contributed by atoms with van der Waals surface area (Å²) in [4.78, 5) is 0. The van der Waals surface area contributed by atoms with E-state index in [1.807, 2.05) is 13.0 Å². The average Bonchev–Trinajstić information content (AvgIpc) is 2.40. The van der Waals surface area contributed by atoms with Crippen LogP contribution in [0.2, 0.25) is 10.0 Å². The van der Waals surface area contributed by atoms with Gasteiger partial charge in [-0.1, -0.05) is 42.3 Å². The van der Waals surface area contributed by atoms with Crippen molar-refractivity contribution in [2.75, 3.05) is 6.54 Å². The molecule has 0 aliphatic rings. The Morgan fingerprint density at radius 1 is 1.05 bits per heavy atom. The van der Waals surface area contributed by atoms with Gasteiger partial charge in [0.2, 0.25) is 0 Å². The minimum atomic E-state index is -0.263. The van der Waals surface area contributed by atoms with Crippen LogP contribution in [-0.2, 0) is 6.54 Å². The van der Waals surface area contributed by atoms with Gasteiger partial charge in [-0.2, -0.15) is 0 Å². The topological polar surface area (TPSA) is 12.0 Å². The summed E-state index contributed by atoms with van der Waals surface area (Å²) in [6.45, 7) is 3.58. The van der Waals surface area contributed by atoms with Crippen molar-refractivity contribution >= 4 is 23.2 Å². The first-order chi connectivity index (χ1) is 9.11. The normalized spacial score (nSPS) is 10.7. The minimum Gasteiger partial charge on any atom is -0.313 e. The van der Waals surface area contributed by atoms with Crippen LogP contribution in [0, 0.1) is 5.82 Å². The molecule has 100 valence electrons. The predicted octanol–water partition coefficient (Wildman–Crippen LogP) is 4.91. The molecule has 0 spiro atoms. The molecule has 1 nitrogen and oxygen atoms in total. The Hall–Kier alpha value is -1.09. The molecular formula is C15H14Cl2FN. The van der Waals surface area contributed by atoms with E-state index in [1.54, 1.807) is 18.2 Å². The lowest BCUT2D eigenvalue weighted by Gasteiger charge is -2.11. The number of benzene rings is 2. The summed E-state index contributed by atoms with van der Waals surface area (Å²) < 4.78 is 13.5. The summed E-state index contributed by atoms with van der Waals surface area (Å²) in [6, 6.07) is 10.1. The maximum Gasteiger partial charge on any atom is 0.123 e. The molecule has 0 bridgehead atoms. The van der Waals surface area contributed by atoms with E-state index in [-0.39, 0.29) is 5.82 Å². The summed E-state index contributed by atoms with van der Waals surface area (Å²) in [5.41, 5.74) is 2.72. The van der Waals surface area contributed by atoms with Crippen molar-refractivity contribution in [1.82, 2.24) is 5.32 Å². The van der Waals surface area contributed by atoms with Crippen molar-refractivity contribution in [3.05, 3.63) is 57.8 Å². The van der Waals surface area contributed by atoms with E-state index in [9.17, 15) is 4.39 Å².